The van der Waals surface area contributed by atoms with Gasteiger partial charge < -0.3 is 10.1 Å². The molecule has 1 N–H and O–H groups in total. The van der Waals surface area contributed by atoms with Crippen LogP contribution in [-0.4, -0.2) is 12.1 Å². The van der Waals surface area contributed by atoms with Gasteiger partial charge in [-0.15, -0.1) is 11.3 Å². The van der Waals surface area contributed by atoms with Crippen LogP contribution in [0.15, 0.2) is 29.8 Å². The van der Waals surface area contributed by atoms with E-state index in [4.69, 9.17) is 4.74 Å². The van der Waals surface area contributed by atoms with Crippen LogP contribution in [-0.2, 0) is 0 Å². The lowest BCUT2D eigenvalue weighted by atomic mass is 10.1. The van der Waals surface area contributed by atoms with Gasteiger partial charge in [0, 0.05) is 22.5 Å². The summed E-state index contributed by atoms with van der Waals surface area (Å²) in [6.45, 7) is 6.38. The average Bonchev–Trinajstić information content (AvgIpc) is 2.85. The quantitative estimate of drug-likeness (QED) is 0.900. The highest BCUT2D eigenvalue weighted by molar-refractivity contribution is 7.09. The Morgan fingerprint density at radius 2 is 1.95 bits per heavy atom. The van der Waals surface area contributed by atoms with Crippen molar-refractivity contribution in [3.63, 3.8) is 0 Å². The maximum atomic E-state index is 5.41. The highest BCUT2D eigenvalue weighted by Crippen LogP contribution is 2.28. The van der Waals surface area contributed by atoms with Crippen molar-refractivity contribution in [1.82, 2.24) is 10.3 Å². The van der Waals surface area contributed by atoms with Gasteiger partial charge in [0.15, 0.2) is 0 Å². The van der Waals surface area contributed by atoms with Crippen LogP contribution in [0.4, 0.5) is 0 Å². The molecule has 0 saturated carbocycles. The van der Waals surface area contributed by atoms with Gasteiger partial charge in [-0.1, -0.05) is 18.2 Å². The predicted octanol–water partition coefficient (Wildman–Crippen LogP) is 3.87. The molecule has 1 unspecified atom stereocenters. The van der Waals surface area contributed by atoms with Crippen LogP contribution >= 0.6 is 11.3 Å². The number of methoxy groups -OCH3 is 1. The van der Waals surface area contributed by atoms with E-state index >= 15 is 0 Å². The fourth-order valence-corrected chi connectivity index (χ4v) is 3.11. The smallest absolute Gasteiger partial charge is 0.123 e. The molecule has 0 amide bonds. The molecule has 19 heavy (non-hydrogen) atoms. The average molecular weight is 276 g/mol. The van der Waals surface area contributed by atoms with Gasteiger partial charge in [-0.05, 0) is 26.8 Å². The van der Waals surface area contributed by atoms with E-state index in [1.807, 2.05) is 23.7 Å². The van der Waals surface area contributed by atoms with Crippen LogP contribution in [0.25, 0.3) is 0 Å². The summed E-state index contributed by atoms with van der Waals surface area (Å²) in [6, 6.07) is 8.64. The minimum atomic E-state index is 0.229. The first-order chi connectivity index (χ1) is 9.13. The van der Waals surface area contributed by atoms with E-state index in [0.717, 1.165) is 11.4 Å². The molecule has 102 valence electrons. The monoisotopic (exact) mass is 276 g/mol. The lowest BCUT2D eigenvalue weighted by molar-refractivity contribution is 0.397. The summed E-state index contributed by atoms with van der Waals surface area (Å²) in [7, 11) is 1.71. The zero-order valence-electron chi connectivity index (χ0n) is 11.8. The van der Waals surface area contributed by atoms with Gasteiger partial charge in [0.2, 0.25) is 0 Å². The highest BCUT2D eigenvalue weighted by atomic mass is 32.1. The molecule has 1 heterocycles. The molecule has 0 spiro atoms. The van der Waals surface area contributed by atoms with E-state index in [-0.39, 0.29) is 12.1 Å². The third-order valence-corrected chi connectivity index (χ3v) is 4.40. The van der Waals surface area contributed by atoms with E-state index in [2.05, 4.69) is 37.1 Å². The van der Waals surface area contributed by atoms with Crippen molar-refractivity contribution in [1.29, 1.82) is 0 Å². The molecule has 2 aromatic rings. The number of aromatic nitrogens is 1. The first-order valence-electron chi connectivity index (χ1n) is 6.42. The molecule has 0 saturated heterocycles. The van der Waals surface area contributed by atoms with Crippen LogP contribution < -0.4 is 10.1 Å². The third kappa shape index (κ3) is 3.14. The van der Waals surface area contributed by atoms with Crippen LogP contribution in [0.1, 0.15) is 42.1 Å². The topological polar surface area (TPSA) is 34.1 Å². The van der Waals surface area contributed by atoms with Crippen molar-refractivity contribution in [2.45, 2.75) is 32.9 Å². The van der Waals surface area contributed by atoms with Gasteiger partial charge in [-0.25, -0.2) is 4.98 Å². The highest BCUT2D eigenvalue weighted by Gasteiger charge is 2.16. The van der Waals surface area contributed by atoms with Crippen molar-refractivity contribution < 1.29 is 4.74 Å². The number of benzene rings is 1. The standard InChI is InChI=1S/C15H20N2OS/c1-10(13-7-5-6-8-14(13)18-4)17-12(3)15-11(2)16-9-19-15/h5-10,12,17H,1-4H3/t10-,12?/m0/s1. The number of hydrogen-bond acceptors (Lipinski definition) is 4. The number of nitrogens with one attached hydrogen (secondary N) is 1. The van der Waals surface area contributed by atoms with Gasteiger partial charge in [-0.2, -0.15) is 0 Å². The molecular formula is C15H20N2OS. The number of aryl methyl sites for hydroxylation is 1. The summed E-state index contributed by atoms with van der Waals surface area (Å²) in [5, 5.41) is 3.60. The second-order valence-electron chi connectivity index (χ2n) is 4.65. The Morgan fingerprint density at radius 1 is 1.21 bits per heavy atom. The fourth-order valence-electron chi connectivity index (χ4n) is 2.29. The van der Waals surface area contributed by atoms with Crippen molar-refractivity contribution in [3.05, 3.63) is 45.9 Å². The molecular weight excluding hydrogens is 256 g/mol. The normalized spacial score (nSPS) is 14.1. The molecule has 0 aliphatic rings. The summed E-state index contributed by atoms with van der Waals surface area (Å²) >= 11 is 1.70. The Morgan fingerprint density at radius 3 is 2.58 bits per heavy atom. The van der Waals surface area contributed by atoms with Gasteiger partial charge in [0.25, 0.3) is 0 Å². The number of rotatable bonds is 5. The van der Waals surface area contributed by atoms with Crippen LogP contribution in [0.3, 0.4) is 0 Å². The molecule has 4 heteroatoms. The van der Waals surface area contributed by atoms with E-state index in [1.54, 1.807) is 18.4 Å². The maximum Gasteiger partial charge on any atom is 0.123 e. The van der Waals surface area contributed by atoms with E-state index in [1.165, 1.54) is 10.4 Å². The zero-order chi connectivity index (χ0) is 13.8. The summed E-state index contributed by atoms with van der Waals surface area (Å²) in [4.78, 5) is 5.60. The minimum Gasteiger partial charge on any atom is -0.496 e. The van der Waals surface area contributed by atoms with E-state index < -0.39 is 0 Å². The summed E-state index contributed by atoms with van der Waals surface area (Å²) in [6.07, 6.45) is 0. The summed E-state index contributed by atoms with van der Waals surface area (Å²) < 4.78 is 5.41. The number of nitrogens with zero attached hydrogens (tertiary/aromatic N) is 1. The molecule has 1 aromatic carbocycles. The summed E-state index contributed by atoms with van der Waals surface area (Å²) in [5.74, 6) is 0.927. The molecule has 0 fully saturated rings. The second kappa shape index (κ2) is 6.17. The van der Waals surface area contributed by atoms with Crippen LogP contribution in [0, 0.1) is 6.92 Å². The van der Waals surface area contributed by atoms with Crippen molar-refractivity contribution >= 4 is 11.3 Å². The van der Waals surface area contributed by atoms with Crippen LogP contribution in [0.2, 0.25) is 0 Å². The zero-order valence-corrected chi connectivity index (χ0v) is 12.6. The molecule has 0 aliphatic heterocycles. The first-order valence-corrected chi connectivity index (χ1v) is 7.30. The molecule has 0 bridgehead atoms. The van der Waals surface area contributed by atoms with Crippen molar-refractivity contribution in [2.75, 3.05) is 7.11 Å². The minimum absolute atomic E-state index is 0.229. The molecule has 2 atom stereocenters. The molecule has 2 rings (SSSR count). The Balaban J connectivity index is 2.13. The molecule has 1 aromatic heterocycles. The largest absolute Gasteiger partial charge is 0.496 e. The number of para-hydroxylation sites is 1. The molecule has 3 nitrogen and oxygen atoms in total. The maximum absolute atomic E-state index is 5.41. The number of ether oxygens (including phenoxy) is 1. The van der Waals surface area contributed by atoms with Gasteiger partial charge in [0.1, 0.15) is 5.75 Å². The number of thiazole rings is 1. The lowest BCUT2D eigenvalue weighted by Crippen LogP contribution is -2.22. The van der Waals surface area contributed by atoms with Crippen molar-refractivity contribution in [2.24, 2.45) is 0 Å². The summed E-state index contributed by atoms with van der Waals surface area (Å²) in [5.41, 5.74) is 4.19. The van der Waals surface area contributed by atoms with E-state index in [9.17, 15) is 0 Å². The SMILES string of the molecule is COc1ccccc1[C@H](C)NC(C)c1scnc1C. The van der Waals surface area contributed by atoms with Gasteiger partial charge in [-0.3, -0.25) is 0 Å². The predicted molar refractivity (Wildman–Crippen MR) is 79.8 cm³/mol. The second-order valence-corrected chi connectivity index (χ2v) is 5.54. The first kappa shape index (κ1) is 14.0. The Labute approximate surface area is 118 Å². The van der Waals surface area contributed by atoms with E-state index in [0.29, 0.717) is 0 Å². The van der Waals surface area contributed by atoms with Gasteiger partial charge in [0.05, 0.1) is 18.3 Å². The Bertz CT molecular complexity index is 538. The van der Waals surface area contributed by atoms with Gasteiger partial charge >= 0.3 is 0 Å². The Hall–Kier alpha value is -1.39. The van der Waals surface area contributed by atoms with Crippen molar-refractivity contribution in [3.8, 4) is 5.75 Å². The third-order valence-electron chi connectivity index (χ3n) is 3.28. The fraction of sp³-hybridized carbons (Fsp3) is 0.400. The van der Waals surface area contributed by atoms with Crippen LogP contribution in [0.5, 0.6) is 5.75 Å². The molecule has 0 radical (unpaired) electrons. The number of hydrogen-bond donors (Lipinski definition) is 1. The molecule has 0 aliphatic carbocycles. The Kier molecular flexibility index (Phi) is 4.56. The lowest BCUT2D eigenvalue weighted by Gasteiger charge is -2.21.